The van der Waals surface area contributed by atoms with Crippen LogP contribution in [0.1, 0.15) is 12.8 Å². The van der Waals surface area contributed by atoms with E-state index in [9.17, 15) is 13.9 Å². The smallest absolute Gasteiger partial charge is 0.165 e. The number of aliphatic hydroxyl groups excluding tert-OH is 1. The normalized spacial score (nSPS) is 16.2. The van der Waals surface area contributed by atoms with Crippen molar-refractivity contribution in [3.63, 3.8) is 0 Å². The number of β-amino-alcohol motifs (C(OH)–C–C–N with tert-alkyl or cyclic N) is 1. The Bertz CT molecular complexity index is 877. The standard InChI is InChI=1S/C22H24F2N2O3/c1-28-22-3-2-16(10-21(22)24)17-8-18(23)11-20(9-17)29-14-19(27)13-26-6-4-15(12-25)5-7-26/h2-3,8-11,15,19,27H,4-7,13-14H2,1H3. The highest BCUT2D eigenvalue weighted by atomic mass is 19.1. The molecule has 0 saturated carbocycles. The minimum atomic E-state index is -0.737. The number of ether oxygens (including phenoxy) is 2. The van der Waals surface area contributed by atoms with E-state index in [1.807, 2.05) is 0 Å². The molecule has 3 rings (SSSR count). The summed E-state index contributed by atoms with van der Waals surface area (Å²) in [5, 5.41) is 19.2. The number of rotatable bonds is 7. The predicted molar refractivity (Wildman–Crippen MR) is 105 cm³/mol. The Balaban J connectivity index is 1.60. The van der Waals surface area contributed by atoms with Crippen molar-refractivity contribution in [2.24, 2.45) is 5.92 Å². The van der Waals surface area contributed by atoms with Gasteiger partial charge in [-0.25, -0.2) is 8.78 Å². The summed E-state index contributed by atoms with van der Waals surface area (Å²) in [4.78, 5) is 2.10. The largest absolute Gasteiger partial charge is 0.494 e. The van der Waals surface area contributed by atoms with Gasteiger partial charge in [0.05, 0.1) is 13.2 Å². The molecule has 0 amide bonds. The molecule has 1 atom stereocenters. The molecular formula is C22H24F2N2O3. The number of nitriles is 1. The molecule has 5 nitrogen and oxygen atoms in total. The lowest BCUT2D eigenvalue weighted by atomic mass is 9.98. The van der Waals surface area contributed by atoms with Crippen molar-refractivity contribution in [1.29, 1.82) is 5.26 Å². The van der Waals surface area contributed by atoms with Gasteiger partial charge in [-0.1, -0.05) is 6.07 Å². The number of halogens is 2. The Labute approximate surface area is 169 Å². The Morgan fingerprint density at radius 1 is 1.17 bits per heavy atom. The number of likely N-dealkylation sites (tertiary alicyclic amines) is 1. The molecule has 7 heteroatoms. The maximum atomic E-state index is 14.0. The molecule has 0 aliphatic carbocycles. The van der Waals surface area contributed by atoms with Crippen molar-refractivity contribution < 1.29 is 23.4 Å². The zero-order valence-electron chi connectivity index (χ0n) is 16.3. The average molecular weight is 402 g/mol. The van der Waals surface area contributed by atoms with Crippen LogP contribution >= 0.6 is 0 Å². The van der Waals surface area contributed by atoms with E-state index in [0.717, 1.165) is 25.9 Å². The fourth-order valence-electron chi connectivity index (χ4n) is 3.45. The average Bonchev–Trinajstić information content (AvgIpc) is 2.72. The first kappa shape index (κ1) is 21.0. The molecule has 1 saturated heterocycles. The second kappa shape index (κ2) is 9.68. The molecule has 1 aliphatic heterocycles. The molecule has 2 aromatic rings. The molecule has 154 valence electrons. The van der Waals surface area contributed by atoms with Gasteiger partial charge in [-0.3, -0.25) is 0 Å². The maximum Gasteiger partial charge on any atom is 0.165 e. The summed E-state index contributed by atoms with van der Waals surface area (Å²) in [6.45, 7) is 1.98. The summed E-state index contributed by atoms with van der Waals surface area (Å²) in [6.07, 6.45) is 0.865. The van der Waals surface area contributed by atoms with Gasteiger partial charge in [-0.05, 0) is 61.3 Å². The molecule has 2 aromatic carbocycles. The zero-order chi connectivity index (χ0) is 20.8. The van der Waals surface area contributed by atoms with Crippen molar-refractivity contribution in [2.45, 2.75) is 18.9 Å². The molecule has 1 fully saturated rings. The van der Waals surface area contributed by atoms with Crippen molar-refractivity contribution in [3.05, 3.63) is 48.0 Å². The third-order valence-electron chi connectivity index (χ3n) is 5.04. The highest BCUT2D eigenvalue weighted by Crippen LogP contribution is 2.29. The van der Waals surface area contributed by atoms with Gasteiger partial charge in [-0.2, -0.15) is 5.26 Å². The Kier molecular flexibility index (Phi) is 7.02. The SMILES string of the molecule is COc1ccc(-c2cc(F)cc(OCC(O)CN3CCC(C#N)CC3)c2)cc1F. The van der Waals surface area contributed by atoms with Gasteiger partial charge in [0.1, 0.15) is 24.3 Å². The summed E-state index contributed by atoms with van der Waals surface area (Å²) in [5.41, 5.74) is 0.961. The highest BCUT2D eigenvalue weighted by Gasteiger charge is 2.21. The van der Waals surface area contributed by atoms with Crippen LogP contribution in [0.25, 0.3) is 11.1 Å². The fraction of sp³-hybridized carbons (Fsp3) is 0.409. The van der Waals surface area contributed by atoms with Gasteiger partial charge in [0.15, 0.2) is 11.6 Å². The van der Waals surface area contributed by atoms with Gasteiger partial charge in [-0.15, -0.1) is 0 Å². The van der Waals surface area contributed by atoms with E-state index in [1.54, 1.807) is 12.1 Å². The number of aliphatic hydroxyl groups is 1. The van der Waals surface area contributed by atoms with Gasteiger partial charge in [0.2, 0.25) is 0 Å². The van der Waals surface area contributed by atoms with Gasteiger partial charge in [0.25, 0.3) is 0 Å². The molecule has 1 heterocycles. The quantitative estimate of drug-likeness (QED) is 0.766. The molecule has 1 unspecified atom stereocenters. The van der Waals surface area contributed by atoms with Crippen LogP contribution in [0.15, 0.2) is 36.4 Å². The number of methoxy groups -OCH3 is 1. The van der Waals surface area contributed by atoms with Crippen molar-refractivity contribution in [1.82, 2.24) is 4.90 Å². The second-order valence-electron chi connectivity index (χ2n) is 7.19. The fourth-order valence-corrected chi connectivity index (χ4v) is 3.45. The van der Waals surface area contributed by atoms with E-state index >= 15 is 0 Å². The van der Waals surface area contributed by atoms with Gasteiger partial charge in [0, 0.05) is 18.5 Å². The van der Waals surface area contributed by atoms with Gasteiger partial charge < -0.3 is 19.5 Å². The van der Waals surface area contributed by atoms with Crippen LogP contribution in [0.5, 0.6) is 11.5 Å². The predicted octanol–water partition coefficient (Wildman–Crippen LogP) is 3.62. The van der Waals surface area contributed by atoms with Crippen LogP contribution in [0.2, 0.25) is 0 Å². The lowest BCUT2D eigenvalue weighted by Crippen LogP contribution is -2.40. The van der Waals surface area contributed by atoms with E-state index in [-0.39, 0.29) is 24.0 Å². The third kappa shape index (κ3) is 5.66. The Hall–Kier alpha value is -2.69. The lowest BCUT2D eigenvalue weighted by molar-refractivity contribution is 0.0582. The van der Waals surface area contributed by atoms with Crippen molar-refractivity contribution in [2.75, 3.05) is 33.4 Å². The van der Waals surface area contributed by atoms with Crippen molar-refractivity contribution in [3.8, 4) is 28.7 Å². The number of piperidine rings is 1. The van der Waals surface area contributed by atoms with E-state index in [1.165, 1.54) is 31.4 Å². The van der Waals surface area contributed by atoms with Gasteiger partial charge >= 0.3 is 0 Å². The molecule has 0 radical (unpaired) electrons. The zero-order valence-corrected chi connectivity index (χ0v) is 16.3. The monoisotopic (exact) mass is 402 g/mol. The van der Waals surface area contributed by atoms with E-state index in [2.05, 4.69) is 11.0 Å². The minimum Gasteiger partial charge on any atom is -0.494 e. The van der Waals surface area contributed by atoms with Crippen LogP contribution in [-0.2, 0) is 0 Å². The van der Waals surface area contributed by atoms with E-state index in [0.29, 0.717) is 17.7 Å². The number of hydrogen-bond donors (Lipinski definition) is 1. The Morgan fingerprint density at radius 3 is 2.59 bits per heavy atom. The van der Waals surface area contributed by atoms with Crippen LogP contribution in [0.4, 0.5) is 8.78 Å². The molecular weight excluding hydrogens is 378 g/mol. The highest BCUT2D eigenvalue weighted by molar-refractivity contribution is 5.66. The summed E-state index contributed by atoms with van der Waals surface area (Å²) in [6, 6.07) is 10.8. The van der Waals surface area contributed by atoms with Crippen LogP contribution in [-0.4, -0.2) is 49.5 Å². The number of hydrogen-bond acceptors (Lipinski definition) is 5. The summed E-state index contributed by atoms with van der Waals surface area (Å²) in [7, 11) is 1.38. The van der Waals surface area contributed by atoms with Crippen LogP contribution < -0.4 is 9.47 Å². The first-order chi connectivity index (χ1) is 14.0. The molecule has 0 bridgehead atoms. The molecule has 1 N–H and O–H groups in total. The number of benzene rings is 2. The van der Waals surface area contributed by atoms with Crippen molar-refractivity contribution >= 4 is 0 Å². The first-order valence-corrected chi connectivity index (χ1v) is 9.56. The summed E-state index contributed by atoms with van der Waals surface area (Å²) in [5.74, 6) is -0.579. The topological polar surface area (TPSA) is 65.7 Å². The second-order valence-corrected chi connectivity index (χ2v) is 7.19. The third-order valence-corrected chi connectivity index (χ3v) is 5.04. The van der Waals surface area contributed by atoms with Crippen LogP contribution in [0, 0.1) is 28.9 Å². The summed E-state index contributed by atoms with van der Waals surface area (Å²) >= 11 is 0. The van der Waals surface area contributed by atoms with Crippen LogP contribution in [0.3, 0.4) is 0 Å². The first-order valence-electron chi connectivity index (χ1n) is 9.56. The molecule has 1 aliphatic rings. The lowest BCUT2D eigenvalue weighted by Gasteiger charge is -2.30. The molecule has 29 heavy (non-hydrogen) atoms. The van der Waals surface area contributed by atoms with E-state index < -0.39 is 17.7 Å². The maximum absolute atomic E-state index is 14.0. The number of nitrogens with zero attached hydrogens (tertiary/aromatic N) is 2. The minimum absolute atomic E-state index is 0.0119. The molecule has 0 aromatic heterocycles. The Morgan fingerprint density at radius 2 is 1.93 bits per heavy atom. The van der Waals surface area contributed by atoms with E-state index in [4.69, 9.17) is 14.7 Å². The summed E-state index contributed by atoms with van der Waals surface area (Å²) < 4.78 is 38.5. The molecule has 0 spiro atoms.